The number of benzene rings is 2. The first kappa shape index (κ1) is 10.3. The van der Waals surface area contributed by atoms with Crippen molar-refractivity contribution in [2.24, 2.45) is 0 Å². The van der Waals surface area contributed by atoms with Crippen molar-refractivity contribution in [1.82, 2.24) is 3.96 Å². The topological polar surface area (TPSA) is 28.8 Å². The van der Waals surface area contributed by atoms with Gasteiger partial charge in [0, 0.05) is 5.38 Å². The van der Waals surface area contributed by atoms with Crippen LogP contribution in [0.4, 0.5) is 0 Å². The Kier molecular flexibility index (Phi) is 2.53. The SMILES string of the molecule is N=c1ccsn1Cc1ccc2ccccc2c1. The molecule has 0 aliphatic rings. The first-order chi connectivity index (χ1) is 8.33. The van der Waals surface area contributed by atoms with E-state index in [4.69, 9.17) is 5.41 Å². The van der Waals surface area contributed by atoms with Crippen molar-refractivity contribution >= 4 is 22.3 Å². The lowest BCUT2D eigenvalue weighted by molar-refractivity contribution is 0.817. The molecule has 0 unspecified atom stereocenters. The number of hydrogen-bond donors (Lipinski definition) is 1. The van der Waals surface area contributed by atoms with Gasteiger partial charge in [-0.05, 0) is 28.5 Å². The predicted octanol–water partition coefficient (Wildman–Crippen LogP) is 3.23. The molecule has 1 N–H and O–H groups in total. The van der Waals surface area contributed by atoms with Crippen LogP contribution in [0.1, 0.15) is 5.56 Å². The summed E-state index contributed by atoms with van der Waals surface area (Å²) in [5.74, 6) is 0. The maximum atomic E-state index is 7.74. The number of nitrogens with one attached hydrogen (secondary N) is 1. The molecule has 0 atom stereocenters. The summed E-state index contributed by atoms with van der Waals surface area (Å²) in [6.45, 7) is 0.779. The minimum Gasteiger partial charge on any atom is -0.284 e. The van der Waals surface area contributed by atoms with Gasteiger partial charge in [0.2, 0.25) is 0 Å². The van der Waals surface area contributed by atoms with E-state index in [0.717, 1.165) is 6.54 Å². The van der Waals surface area contributed by atoms with Crippen LogP contribution in [0, 0.1) is 5.41 Å². The highest BCUT2D eigenvalue weighted by Gasteiger charge is 1.98. The fourth-order valence-corrected chi connectivity index (χ4v) is 2.67. The molecule has 1 heterocycles. The largest absolute Gasteiger partial charge is 0.284 e. The maximum Gasteiger partial charge on any atom is 0.135 e. The predicted molar refractivity (Wildman–Crippen MR) is 71.2 cm³/mol. The Morgan fingerprint density at radius 1 is 1.00 bits per heavy atom. The van der Waals surface area contributed by atoms with Crippen LogP contribution < -0.4 is 5.49 Å². The molecule has 0 aliphatic carbocycles. The Bertz CT molecular complexity index is 709. The molecule has 0 bridgehead atoms. The zero-order chi connectivity index (χ0) is 11.7. The number of fused-ring (bicyclic) bond motifs is 1. The highest BCUT2D eigenvalue weighted by molar-refractivity contribution is 7.04. The van der Waals surface area contributed by atoms with Gasteiger partial charge in [-0.25, -0.2) is 0 Å². The Balaban J connectivity index is 2.01. The summed E-state index contributed by atoms with van der Waals surface area (Å²) >= 11 is 1.58. The minimum atomic E-state index is 0.572. The van der Waals surface area contributed by atoms with Crippen molar-refractivity contribution in [3.8, 4) is 0 Å². The van der Waals surface area contributed by atoms with Crippen LogP contribution in [0.15, 0.2) is 53.9 Å². The van der Waals surface area contributed by atoms with E-state index in [1.807, 2.05) is 15.4 Å². The second-order valence-corrected chi connectivity index (χ2v) is 4.94. The lowest BCUT2D eigenvalue weighted by Crippen LogP contribution is -2.12. The van der Waals surface area contributed by atoms with Crippen molar-refractivity contribution in [3.05, 3.63) is 65.0 Å². The summed E-state index contributed by atoms with van der Waals surface area (Å²) in [7, 11) is 0. The standard InChI is InChI=1S/C14H12N2S/c15-14-7-8-17-16(14)10-11-5-6-12-3-1-2-4-13(12)9-11/h1-9,15H,10H2. The third kappa shape index (κ3) is 2.01. The van der Waals surface area contributed by atoms with E-state index < -0.39 is 0 Å². The summed E-state index contributed by atoms with van der Waals surface area (Å²) in [5.41, 5.74) is 1.81. The summed E-state index contributed by atoms with van der Waals surface area (Å²) in [6.07, 6.45) is 0. The van der Waals surface area contributed by atoms with Crippen LogP contribution in [0.2, 0.25) is 0 Å². The zero-order valence-electron chi connectivity index (χ0n) is 9.26. The second kappa shape index (κ2) is 4.18. The fourth-order valence-electron chi connectivity index (χ4n) is 1.93. The van der Waals surface area contributed by atoms with Gasteiger partial charge >= 0.3 is 0 Å². The van der Waals surface area contributed by atoms with Crippen molar-refractivity contribution < 1.29 is 0 Å². The zero-order valence-corrected chi connectivity index (χ0v) is 10.1. The third-order valence-electron chi connectivity index (χ3n) is 2.82. The molecule has 1 aromatic heterocycles. The average molecular weight is 240 g/mol. The number of rotatable bonds is 2. The summed E-state index contributed by atoms with van der Waals surface area (Å²) in [5, 5.41) is 12.2. The van der Waals surface area contributed by atoms with Gasteiger partial charge in [0.1, 0.15) is 5.49 Å². The highest BCUT2D eigenvalue weighted by atomic mass is 32.1. The van der Waals surface area contributed by atoms with Crippen LogP contribution >= 0.6 is 11.5 Å². The van der Waals surface area contributed by atoms with E-state index >= 15 is 0 Å². The molecule has 0 radical (unpaired) electrons. The first-order valence-corrected chi connectivity index (χ1v) is 6.34. The molecule has 0 saturated carbocycles. The smallest absolute Gasteiger partial charge is 0.135 e. The van der Waals surface area contributed by atoms with E-state index in [-0.39, 0.29) is 0 Å². The Labute approximate surface area is 103 Å². The molecule has 0 saturated heterocycles. The Morgan fingerprint density at radius 3 is 2.59 bits per heavy atom. The van der Waals surface area contributed by atoms with E-state index in [2.05, 4.69) is 42.5 Å². The summed E-state index contributed by atoms with van der Waals surface area (Å²) < 4.78 is 1.98. The van der Waals surface area contributed by atoms with Gasteiger partial charge in [0.25, 0.3) is 0 Å². The highest BCUT2D eigenvalue weighted by Crippen LogP contribution is 2.16. The van der Waals surface area contributed by atoms with Crippen LogP contribution in [-0.4, -0.2) is 3.96 Å². The summed E-state index contributed by atoms with van der Waals surface area (Å²) in [6, 6.07) is 16.6. The molecule has 0 amide bonds. The van der Waals surface area contributed by atoms with Gasteiger partial charge in [-0.3, -0.25) is 9.37 Å². The van der Waals surface area contributed by atoms with Crippen LogP contribution in [0.5, 0.6) is 0 Å². The molecule has 2 nitrogen and oxygen atoms in total. The van der Waals surface area contributed by atoms with Crippen molar-refractivity contribution in [2.75, 3.05) is 0 Å². The normalized spacial score (nSPS) is 10.8. The lowest BCUT2D eigenvalue weighted by Gasteiger charge is -2.04. The molecule has 0 fully saturated rings. The third-order valence-corrected chi connectivity index (χ3v) is 3.66. The van der Waals surface area contributed by atoms with Crippen molar-refractivity contribution in [3.63, 3.8) is 0 Å². The number of aromatic nitrogens is 1. The Hall–Kier alpha value is -1.87. The lowest BCUT2D eigenvalue weighted by atomic mass is 10.1. The fraction of sp³-hybridized carbons (Fsp3) is 0.0714. The van der Waals surface area contributed by atoms with Crippen LogP contribution in [0.3, 0.4) is 0 Å². The van der Waals surface area contributed by atoms with Crippen LogP contribution in [0.25, 0.3) is 10.8 Å². The maximum absolute atomic E-state index is 7.74. The molecule has 0 aliphatic heterocycles. The molecule has 3 rings (SSSR count). The molecule has 3 aromatic rings. The number of nitrogens with zero attached hydrogens (tertiary/aromatic N) is 1. The summed E-state index contributed by atoms with van der Waals surface area (Å²) in [4.78, 5) is 0. The second-order valence-electron chi connectivity index (χ2n) is 4.01. The van der Waals surface area contributed by atoms with E-state index in [1.54, 1.807) is 11.5 Å². The van der Waals surface area contributed by atoms with Gasteiger partial charge < -0.3 is 0 Å². The van der Waals surface area contributed by atoms with Gasteiger partial charge in [-0.2, -0.15) is 0 Å². The monoisotopic (exact) mass is 240 g/mol. The van der Waals surface area contributed by atoms with E-state index in [0.29, 0.717) is 5.49 Å². The average Bonchev–Trinajstić information content (AvgIpc) is 2.75. The molecule has 0 spiro atoms. The first-order valence-electron chi connectivity index (χ1n) is 5.50. The van der Waals surface area contributed by atoms with Crippen molar-refractivity contribution in [2.45, 2.75) is 6.54 Å². The minimum absolute atomic E-state index is 0.572. The van der Waals surface area contributed by atoms with Gasteiger partial charge in [0.15, 0.2) is 0 Å². The van der Waals surface area contributed by atoms with E-state index in [1.165, 1.54) is 16.3 Å². The quantitative estimate of drug-likeness (QED) is 0.712. The molecule has 2 aromatic carbocycles. The molecular formula is C14H12N2S. The van der Waals surface area contributed by atoms with E-state index in [9.17, 15) is 0 Å². The Morgan fingerprint density at radius 2 is 1.82 bits per heavy atom. The molecule has 17 heavy (non-hydrogen) atoms. The molecular weight excluding hydrogens is 228 g/mol. The van der Waals surface area contributed by atoms with Gasteiger partial charge in [0.05, 0.1) is 6.54 Å². The van der Waals surface area contributed by atoms with Gasteiger partial charge in [-0.1, -0.05) is 47.9 Å². The number of hydrogen-bond acceptors (Lipinski definition) is 2. The van der Waals surface area contributed by atoms with Crippen LogP contribution in [-0.2, 0) is 6.54 Å². The van der Waals surface area contributed by atoms with Gasteiger partial charge in [-0.15, -0.1) is 0 Å². The molecule has 3 heteroatoms. The van der Waals surface area contributed by atoms with Crippen molar-refractivity contribution in [1.29, 1.82) is 5.41 Å². The molecule has 84 valence electrons.